The fourth-order valence-corrected chi connectivity index (χ4v) is 4.14. The maximum atomic E-state index is 13.6. The third kappa shape index (κ3) is 3.86. The van der Waals surface area contributed by atoms with Crippen LogP contribution in [0, 0.1) is 0 Å². The molecule has 0 aliphatic rings. The van der Waals surface area contributed by atoms with Crippen molar-refractivity contribution in [2.75, 3.05) is 7.11 Å². The minimum absolute atomic E-state index is 0.182. The van der Waals surface area contributed by atoms with E-state index < -0.39 is 0 Å². The highest BCUT2D eigenvalue weighted by Crippen LogP contribution is 2.25. The Morgan fingerprint density at radius 2 is 1.78 bits per heavy atom. The SMILES string of the molecule is COc1ccc(CCn2cnc3c(c2=O)c2nc4ccccc4nc2n3/N=C/c2cccnc2)cc1. The van der Waals surface area contributed by atoms with E-state index >= 15 is 0 Å². The van der Waals surface area contributed by atoms with Crippen LogP contribution in [0.15, 0.2) is 89.3 Å². The molecule has 0 unspecified atom stereocenters. The zero-order valence-corrected chi connectivity index (χ0v) is 19.4. The van der Waals surface area contributed by atoms with Crippen molar-refractivity contribution in [3.63, 3.8) is 0 Å². The van der Waals surface area contributed by atoms with E-state index in [1.54, 1.807) is 41.3 Å². The molecule has 0 radical (unpaired) electrons. The van der Waals surface area contributed by atoms with Crippen molar-refractivity contribution in [1.82, 2.24) is 29.2 Å². The largest absolute Gasteiger partial charge is 0.497 e. The summed E-state index contributed by atoms with van der Waals surface area (Å²) in [7, 11) is 1.64. The van der Waals surface area contributed by atoms with Crippen molar-refractivity contribution in [2.24, 2.45) is 5.10 Å². The lowest BCUT2D eigenvalue weighted by Crippen LogP contribution is -2.21. The Morgan fingerprint density at radius 3 is 2.53 bits per heavy atom. The number of methoxy groups -OCH3 is 1. The molecule has 0 aliphatic heterocycles. The fourth-order valence-electron chi connectivity index (χ4n) is 4.14. The molecule has 0 saturated carbocycles. The molecule has 9 heteroatoms. The van der Waals surface area contributed by atoms with Gasteiger partial charge in [0.2, 0.25) is 0 Å². The molecule has 0 N–H and O–H groups in total. The molecule has 36 heavy (non-hydrogen) atoms. The van der Waals surface area contributed by atoms with Crippen LogP contribution >= 0.6 is 0 Å². The van der Waals surface area contributed by atoms with Crippen LogP contribution in [0.4, 0.5) is 0 Å². The summed E-state index contributed by atoms with van der Waals surface area (Å²) in [6.07, 6.45) is 7.30. The molecule has 0 amide bonds. The summed E-state index contributed by atoms with van der Waals surface area (Å²) in [5, 5.41) is 5.00. The van der Waals surface area contributed by atoms with Crippen LogP contribution in [0.2, 0.25) is 0 Å². The molecule has 4 heterocycles. The average Bonchev–Trinajstić information content (AvgIpc) is 3.24. The van der Waals surface area contributed by atoms with Gasteiger partial charge in [0.05, 0.1) is 30.7 Å². The maximum Gasteiger partial charge on any atom is 0.265 e. The summed E-state index contributed by atoms with van der Waals surface area (Å²) in [5.74, 6) is 0.796. The van der Waals surface area contributed by atoms with Crippen molar-refractivity contribution in [3.05, 3.63) is 101 Å². The van der Waals surface area contributed by atoms with Gasteiger partial charge in [-0.25, -0.2) is 15.0 Å². The van der Waals surface area contributed by atoms with E-state index in [0.717, 1.165) is 16.9 Å². The first-order valence-electron chi connectivity index (χ1n) is 11.4. The van der Waals surface area contributed by atoms with Gasteiger partial charge < -0.3 is 4.74 Å². The summed E-state index contributed by atoms with van der Waals surface area (Å²) < 4.78 is 8.41. The molecule has 4 aromatic heterocycles. The second-order valence-corrected chi connectivity index (χ2v) is 8.27. The van der Waals surface area contributed by atoms with E-state index in [2.05, 4.69) is 15.1 Å². The summed E-state index contributed by atoms with van der Waals surface area (Å²) in [6, 6.07) is 19.1. The predicted octanol–water partition coefficient (Wildman–Crippen LogP) is 3.82. The molecule has 0 fully saturated rings. The monoisotopic (exact) mass is 475 g/mol. The zero-order valence-electron chi connectivity index (χ0n) is 19.4. The van der Waals surface area contributed by atoms with E-state index in [1.807, 2.05) is 60.7 Å². The number of fused-ring (bicyclic) bond motifs is 4. The minimum Gasteiger partial charge on any atom is -0.497 e. The first-order chi connectivity index (χ1) is 17.7. The Morgan fingerprint density at radius 1 is 0.972 bits per heavy atom. The van der Waals surface area contributed by atoms with Crippen molar-refractivity contribution in [3.8, 4) is 5.75 Å². The third-order valence-corrected chi connectivity index (χ3v) is 6.02. The average molecular weight is 476 g/mol. The highest BCUT2D eigenvalue weighted by Gasteiger charge is 2.19. The Hall–Kier alpha value is -4.92. The lowest BCUT2D eigenvalue weighted by Gasteiger charge is -2.07. The topological polar surface area (TPSA) is 100 Å². The van der Waals surface area contributed by atoms with Gasteiger partial charge in [0.25, 0.3) is 5.56 Å². The van der Waals surface area contributed by atoms with E-state index in [-0.39, 0.29) is 5.56 Å². The van der Waals surface area contributed by atoms with E-state index in [1.165, 1.54) is 0 Å². The van der Waals surface area contributed by atoms with Gasteiger partial charge in [0.15, 0.2) is 11.3 Å². The third-order valence-electron chi connectivity index (χ3n) is 6.02. The molecule has 2 aromatic carbocycles. The number of pyridine rings is 1. The van der Waals surface area contributed by atoms with Gasteiger partial charge >= 0.3 is 0 Å². The fraction of sp³-hybridized carbons (Fsp3) is 0.111. The molecule has 9 nitrogen and oxygen atoms in total. The molecule has 0 aliphatic carbocycles. The number of nitrogens with zero attached hydrogens (tertiary/aromatic N) is 7. The van der Waals surface area contributed by atoms with Gasteiger partial charge in [-0.05, 0) is 42.3 Å². The van der Waals surface area contributed by atoms with Crippen LogP contribution in [0.5, 0.6) is 5.75 Å². The van der Waals surface area contributed by atoms with E-state index in [0.29, 0.717) is 46.2 Å². The normalized spacial score (nSPS) is 11.7. The number of aryl methyl sites for hydroxylation is 2. The molecule has 6 rings (SSSR count). The molecule has 0 atom stereocenters. The lowest BCUT2D eigenvalue weighted by molar-refractivity contribution is 0.414. The zero-order chi connectivity index (χ0) is 24.5. The molecule has 176 valence electrons. The molecular formula is C27H21N7O2. The summed E-state index contributed by atoms with van der Waals surface area (Å²) in [5.41, 5.74) is 4.50. The van der Waals surface area contributed by atoms with Crippen LogP contribution in [0.3, 0.4) is 0 Å². The molecule has 0 spiro atoms. The van der Waals surface area contributed by atoms with Crippen LogP contribution in [-0.4, -0.2) is 42.5 Å². The first-order valence-corrected chi connectivity index (χ1v) is 11.4. The second-order valence-electron chi connectivity index (χ2n) is 8.27. The smallest absolute Gasteiger partial charge is 0.265 e. The van der Waals surface area contributed by atoms with Gasteiger partial charge in [-0.1, -0.05) is 30.3 Å². The number of aromatic nitrogens is 6. The molecule has 6 aromatic rings. The second kappa shape index (κ2) is 9.03. The minimum atomic E-state index is -0.182. The van der Waals surface area contributed by atoms with Crippen molar-refractivity contribution >= 4 is 39.4 Å². The van der Waals surface area contributed by atoms with Crippen molar-refractivity contribution < 1.29 is 4.74 Å². The predicted molar refractivity (Wildman–Crippen MR) is 139 cm³/mol. The molecule has 0 bridgehead atoms. The molecular weight excluding hydrogens is 454 g/mol. The van der Waals surface area contributed by atoms with Crippen LogP contribution < -0.4 is 10.3 Å². The van der Waals surface area contributed by atoms with Crippen LogP contribution in [-0.2, 0) is 13.0 Å². The number of para-hydroxylation sites is 2. The number of hydrogen-bond donors (Lipinski definition) is 0. The Bertz CT molecular complexity index is 1790. The molecule has 0 saturated heterocycles. The van der Waals surface area contributed by atoms with E-state index in [4.69, 9.17) is 14.7 Å². The number of ether oxygens (including phenoxy) is 1. The lowest BCUT2D eigenvalue weighted by atomic mass is 10.1. The van der Waals surface area contributed by atoms with Crippen LogP contribution in [0.25, 0.3) is 33.2 Å². The Balaban J connectivity index is 1.49. The van der Waals surface area contributed by atoms with E-state index in [9.17, 15) is 4.79 Å². The van der Waals surface area contributed by atoms with Gasteiger partial charge in [-0.15, -0.1) is 0 Å². The van der Waals surface area contributed by atoms with Gasteiger partial charge in [-0.2, -0.15) is 9.78 Å². The highest BCUT2D eigenvalue weighted by molar-refractivity contribution is 6.04. The quantitative estimate of drug-likeness (QED) is 0.340. The highest BCUT2D eigenvalue weighted by atomic mass is 16.5. The summed E-state index contributed by atoms with van der Waals surface area (Å²) >= 11 is 0. The number of hydrogen-bond acceptors (Lipinski definition) is 7. The van der Waals surface area contributed by atoms with Gasteiger partial charge in [0.1, 0.15) is 16.7 Å². The Kier molecular flexibility index (Phi) is 5.42. The van der Waals surface area contributed by atoms with Gasteiger partial charge in [0, 0.05) is 24.5 Å². The summed E-state index contributed by atoms with van der Waals surface area (Å²) in [4.78, 5) is 32.0. The van der Waals surface area contributed by atoms with Gasteiger partial charge in [-0.3, -0.25) is 14.3 Å². The van der Waals surface area contributed by atoms with Crippen LogP contribution in [0.1, 0.15) is 11.1 Å². The standard InChI is InChI=1S/C27H21N7O2/c1-36-20-10-8-18(9-11-20)12-14-33-17-29-25-23(27(33)35)24-26(32-22-7-3-2-6-21(22)31-24)34(25)30-16-19-5-4-13-28-15-19/h2-11,13,15-17H,12,14H2,1H3/b30-16+. The maximum absolute atomic E-state index is 13.6. The summed E-state index contributed by atoms with van der Waals surface area (Å²) in [6.45, 7) is 0.473. The first kappa shape index (κ1) is 21.6. The number of benzene rings is 2. The van der Waals surface area contributed by atoms with Crippen molar-refractivity contribution in [1.29, 1.82) is 0 Å². The Labute approximate surface area is 205 Å². The number of rotatable bonds is 6. The van der Waals surface area contributed by atoms with Crippen molar-refractivity contribution in [2.45, 2.75) is 13.0 Å².